The summed E-state index contributed by atoms with van der Waals surface area (Å²) in [4.78, 5) is 41.3. The summed E-state index contributed by atoms with van der Waals surface area (Å²) in [5.74, 6) is -2.69. The first-order chi connectivity index (χ1) is 13.3. The molecule has 0 saturated carbocycles. The van der Waals surface area contributed by atoms with E-state index >= 15 is 0 Å². The van der Waals surface area contributed by atoms with Crippen LogP contribution in [0.3, 0.4) is 0 Å². The van der Waals surface area contributed by atoms with Crippen molar-refractivity contribution in [2.75, 3.05) is 12.8 Å². The van der Waals surface area contributed by atoms with E-state index in [2.05, 4.69) is 10.3 Å². The maximum absolute atomic E-state index is 12.5. The molecule has 0 aliphatic carbocycles. The van der Waals surface area contributed by atoms with E-state index in [9.17, 15) is 22.8 Å². The lowest BCUT2D eigenvalue weighted by atomic mass is 10.2. The van der Waals surface area contributed by atoms with E-state index in [0.717, 1.165) is 7.05 Å². The van der Waals surface area contributed by atoms with Crippen LogP contribution in [-0.4, -0.2) is 54.1 Å². The number of hydrogen-bond acceptors (Lipinski definition) is 7. The number of amides is 2. The van der Waals surface area contributed by atoms with E-state index in [1.807, 2.05) is 0 Å². The average Bonchev–Trinajstić information content (AvgIpc) is 2.72. The lowest BCUT2D eigenvalue weighted by molar-refractivity contribution is -0.128. The SMILES string of the molecule is CN(C#N)C(=O)C(CS(=O)(=O)C(=O)c1ccccn1)NC(=O)c1ccccc1. The third-order valence-electron chi connectivity index (χ3n) is 3.66. The molecule has 1 heterocycles. The van der Waals surface area contributed by atoms with E-state index in [4.69, 9.17) is 5.26 Å². The molecule has 0 radical (unpaired) electrons. The van der Waals surface area contributed by atoms with Crippen LogP contribution in [0.15, 0.2) is 54.7 Å². The van der Waals surface area contributed by atoms with E-state index in [0.29, 0.717) is 4.90 Å². The summed E-state index contributed by atoms with van der Waals surface area (Å²) in [6, 6.07) is 10.4. The summed E-state index contributed by atoms with van der Waals surface area (Å²) in [5, 5.41) is 9.91. The number of nitrogens with zero attached hydrogens (tertiary/aromatic N) is 3. The number of carbonyl (C=O) groups is 3. The second kappa shape index (κ2) is 8.88. The second-order valence-corrected chi connectivity index (χ2v) is 7.61. The first kappa shape index (κ1) is 20.7. The smallest absolute Gasteiger partial charge is 0.294 e. The van der Waals surface area contributed by atoms with E-state index in [1.54, 1.807) is 24.4 Å². The number of carbonyl (C=O) groups excluding carboxylic acids is 3. The van der Waals surface area contributed by atoms with Crippen molar-refractivity contribution in [1.29, 1.82) is 5.26 Å². The van der Waals surface area contributed by atoms with Crippen LogP contribution < -0.4 is 5.32 Å². The molecular weight excluding hydrogens is 384 g/mol. The number of aromatic nitrogens is 1. The molecule has 144 valence electrons. The van der Waals surface area contributed by atoms with Gasteiger partial charge in [0.2, 0.25) is 9.84 Å². The molecule has 1 N–H and O–H groups in total. The molecule has 2 rings (SSSR count). The fourth-order valence-electron chi connectivity index (χ4n) is 2.23. The molecule has 1 unspecified atom stereocenters. The van der Waals surface area contributed by atoms with Crippen LogP contribution in [-0.2, 0) is 14.6 Å². The van der Waals surface area contributed by atoms with E-state index in [1.165, 1.54) is 36.5 Å². The highest BCUT2D eigenvalue weighted by Crippen LogP contribution is 2.08. The molecule has 2 amide bonds. The number of nitriles is 1. The minimum atomic E-state index is -4.50. The standard InChI is InChI=1S/C18H16N4O5S/c1-22(12-19)17(24)15(21-16(23)13-7-3-2-4-8-13)11-28(26,27)18(25)14-9-5-6-10-20-14/h2-10,15H,11H2,1H3,(H,21,23). The fourth-order valence-corrected chi connectivity index (χ4v) is 3.48. The van der Waals surface area contributed by atoms with Gasteiger partial charge in [0.05, 0.1) is 5.75 Å². The maximum atomic E-state index is 12.5. The van der Waals surface area contributed by atoms with Gasteiger partial charge < -0.3 is 5.32 Å². The maximum Gasteiger partial charge on any atom is 0.294 e. The Kier molecular flexibility index (Phi) is 6.57. The Bertz CT molecular complexity index is 1020. The lowest BCUT2D eigenvalue weighted by Gasteiger charge is -2.19. The van der Waals surface area contributed by atoms with Gasteiger partial charge in [-0.3, -0.25) is 24.3 Å². The zero-order valence-electron chi connectivity index (χ0n) is 14.8. The van der Waals surface area contributed by atoms with Crippen molar-refractivity contribution in [2.24, 2.45) is 0 Å². The van der Waals surface area contributed by atoms with Crippen LogP contribution in [0.5, 0.6) is 0 Å². The van der Waals surface area contributed by atoms with Crippen LogP contribution in [0.4, 0.5) is 0 Å². The van der Waals surface area contributed by atoms with Crippen LogP contribution in [0.2, 0.25) is 0 Å². The van der Waals surface area contributed by atoms with Crippen LogP contribution in [0.1, 0.15) is 20.8 Å². The first-order valence-electron chi connectivity index (χ1n) is 7.97. The van der Waals surface area contributed by atoms with E-state index in [-0.39, 0.29) is 11.3 Å². The highest BCUT2D eigenvalue weighted by atomic mass is 32.2. The molecule has 0 aliphatic rings. The zero-order chi connectivity index (χ0) is 20.7. The predicted molar refractivity (Wildman–Crippen MR) is 98.4 cm³/mol. The number of nitrogens with one attached hydrogen (secondary N) is 1. The summed E-state index contributed by atoms with van der Waals surface area (Å²) in [5.41, 5.74) is -0.120. The average molecular weight is 400 g/mol. The van der Waals surface area contributed by atoms with Crippen molar-refractivity contribution in [3.63, 3.8) is 0 Å². The molecule has 0 aliphatic heterocycles. The van der Waals surface area contributed by atoms with Gasteiger partial charge in [-0.2, -0.15) is 5.26 Å². The highest BCUT2D eigenvalue weighted by Gasteiger charge is 2.34. The van der Waals surface area contributed by atoms with Crippen molar-refractivity contribution in [1.82, 2.24) is 15.2 Å². The Labute approximate surface area is 161 Å². The highest BCUT2D eigenvalue weighted by molar-refractivity contribution is 8.06. The van der Waals surface area contributed by atoms with Crippen molar-refractivity contribution in [3.8, 4) is 6.19 Å². The second-order valence-electron chi connectivity index (χ2n) is 5.67. The molecule has 1 atom stereocenters. The van der Waals surface area contributed by atoms with E-state index < -0.39 is 38.6 Å². The minimum absolute atomic E-state index is 0.188. The summed E-state index contributed by atoms with van der Waals surface area (Å²) < 4.78 is 25.0. The van der Waals surface area contributed by atoms with Crippen molar-refractivity contribution < 1.29 is 22.8 Å². The molecule has 10 heteroatoms. The molecule has 2 aromatic rings. The minimum Gasteiger partial charge on any atom is -0.339 e. The summed E-state index contributed by atoms with van der Waals surface area (Å²) in [7, 11) is -3.38. The first-order valence-corrected chi connectivity index (χ1v) is 9.63. The third-order valence-corrected chi connectivity index (χ3v) is 5.21. The van der Waals surface area contributed by atoms with Crippen molar-refractivity contribution in [3.05, 3.63) is 66.0 Å². The molecule has 1 aromatic carbocycles. The summed E-state index contributed by atoms with van der Waals surface area (Å²) >= 11 is 0. The Hall–Kier alpha value is -3.58. The molecule has 0 fully saturated rings. The molecule has 0 bridgehead atoms. The topological polar surface area (TPSA) is 137 Å². The molecule has 0 saturated heterocycles. The number of sulfone groups is 1. The van der Waals surface area contributed by atoms with Gasteiger partial charge in [-0.05, 0) is 24.3 Å². The van der Waals surface area contributed by atoms with Gasteiger partial charge in [-0.25, -0.2) is 8.42 Å². The van der Waals surface area contributed by atoms with Gasteiger partial charge in [-0.15, -0.1) is 0 Å². The molecule has 28 heavy (non-hydrogen) atoms. The van der Waals surface area contributed by atoms with Gasteiger partial charge in [0.1, 0.15) is 11.7 Å². The van der Waals surface area contributed by atoms with Crippen LogP contribution in [0, 0.1) is 11.5 Å². The molecule has 0 spiro atoms. The molecular formula is C18H16N4O5S. The lowest BCUT2D eigenvalue weighted by Crippen LogP contribution is -2.50. The monoisotopic (exact) mass is 400 g/mol. The largest absolute Gasteiger partial charge is 0.339 e. The zero-order valence-corrected chi connectivity index (χ0v) is 15.6. The Morgan fingerprint density at radius 3 is 2.36 bits per heavy atom. The van der Waals surface area contributed by atoms with Gasteiger partial charge in [0.15, 0.2) is 6.19 Å². The van der Waals surface area contributed by atoms with Gasteiger partial charge >= 0.3 is 0 Å². The third kappa shape index (κ3) is 4.99. The van der Waals surface area contributed by atoms with Gasteiger partial charge in [-0.1, -0.05) is 24.3 Å². The predicted octanol–water partition coefficient (Wildman–Crippen LogP) is 0.375. The summed E-state index contributed by atoms with van der Waals surface area (Å²) in [6.45, 7) is 0. The number of likely N-dealkylation sites (N-methyl/N-ethyl adjacent to an activating group) is 1. The molecule has 1 aromatic heterocycles. The van der Waals surface area contributed by atoms with Crippen molar-refractivity contribution >= 4 is 26.8 Å². The normalized spacial score (nSPS) is 11.7. The Balaban J connectivity index is 2.29. The number of pyridine rings is 1. The van der Waals surface area contributed by atoms with Crippen LogP contribution in [0.25, 0.3) is 0 Å². The van der Waals surface area contributed by atoms with Crippen molar-refractivity contribution in [2.45, 2.75) is 6.04 Å². The van der Waals surface area contributed by atoms with Crippen LogP contribution >= 0.6 is 0 Å². The van der Waals surface area contributed by atoms with Gasteiger partial charge in [0.25, 0.3) is 16.9 Å². The number of benzene rings is 1. The summed E-state index contributed by atoms with van der Waals surface area (Å²) in [6.07, 6.45) is 2.80. The van der Waals surface area contributed by atoms with Gasteiger partial charge in [0, 0.05) is 18.8 Å². The Morgan fingerprint density at radius 1 is 1.14 bits per heavy atom. The fraction of sp³-hybridized carbons (Fsp3) is 0.167. The molecule has 9 nitrogen and oxygen atoms in total. The quantitative estimate of drug-likeness (QED) is 0.546. The number of hydrogen-bond donors (Lipinski definition) is 1. The Morgan fingerprint density at radius 2 is 1.79 bits per heavy atom. The number of rotatable bonds is 6.